The van der Waals surface area contributed by atoms with E-state index in [4.69, 9.17) is 0 Å². The molecule has 7 heteroatoms. The van der Waals surface area contributed by atoms with Gasteiger partial charge in [0.15, 0.2) is 0 Å². The largest absolute Gasteiger partial charge is 0.352 e. The fourth-order valence-electron chi connectivity index (χ4n) is 2.36. The van der Waals surface area contributed by atoms with Gasteiger partial charge in [-0.05, 0) is 40.0 Å². The lowest BCUT2D eigenvalue weighted by molar-refractivity contribution is 0.0952. The zero-order valence-corrected chi connectivity index (χ0v) is 14.7. The summed E-state index contributed by atoms with van der Waals surface area (Å²) in [4.78, 5) is 16.1. The Morgan fingerprint density at radius 2 is 2.08 bits per heavy atom. The van der Waals surface area contributed by atoms with Gasteiger partial charge in [-0.1, -0.05) is 12.1 Å². The van der Waals surface area contributed by atoms with Crippen molar-refractivity contribution in [3.63, 3.8) is 0 Å². The SMILES string of the molecule is O=C(NCCCn1ccnc1)c1ccc(Cn2cc(Br)cn2)cc1. The van der Waals surface area contributed by atoms with Gasteiger partial charge in [-0.3, -0.25) is 9.48 Å². The number of rotatable bonds is 7. The van der Waals surface area contributed by atoms with Gasteiger partial charge in [-0.25, -0.2) is 4.98 Å². The highest BCUT2D eigenvalue weighted by molar-refractivity contribution is 9.10. The van der Waals surface area contributed by atoms with Crippen LogP contribution in [0.2, 0.25) is 0 Å². The predicted octanol–water partition coefficient (Wildman–Crippen LogP) is 2.71. The van der Waals surface area contributed by atoms with E-state index in [2.05, 4.69) is 31.3 Å². The molecule has 3 rings (SSSR count). The molecule has 0 fully saturated rings. The van der Waals surface area contributed by atoms with E-state index in [0.29, 0.717) is 18.7 Å². The molecule has 1 aromatic carbocycles. The second-order valence-electron chi connectivity index (χ2n) is 5.46. The lowest BCUT2D eigenvalue weighted by Gasteiger charge is -2.07. The maximum absolute atomic E-state index is 12.1. The zero-order valence-electron chi connectivity index (χ0n) is 13.1. The second-order valence-corrected chi connectivity index (χ2v) is 6.38. The number of amides is 1. The number of nitrogens with zero attached hydrogens (tertiary/aromatic N) is 4. The minimum Gasteiger partial charge on any atom is -0.352 e. The minimum absolute atomic E-state index is 0.0472. The summed E-state index contributed by atoms with van der Waals surface area (Å²) in [7, 11) is 0. The van der Waals surface area contributed by atoms with Crippen LogP contribution >= 0.6 is 15.9 Å². The minimum atomic E-state index is -0.0472. The molecule has 0 saturated carbocycles. The van der Waals surface area contributed by atoms with Crippen molar-refractivity contribution < 1.29 is 4.79 Å². The molecular formula is C17H18BrN5O. The third-order valence-electron chi connectivity index (χ3n) is 3.60. The molecule has 0 atom stereocenters. The van der Waals surface area contributed by atoms with Gasteiger partial charge in [0.25, 0.3) is 5.91 Å². The van der Waals surface area contributed by atoms with Crippen LogP contribution in [0.15, 0.2) is 59.9 Å². The van der Waals surface area contributed by atoms with Crippen molar-refractivity contribution in [3.8, 4) is 0 Å². The Morgan fingerprint density at radius 1 is 1.25 bits per heavy atom. The average Bonchev–Trinajstić information content (AvgIpc) is 3.24. The van der Waals surface area contributed by atoms with Crippen LogP contribution in [0.5, 0.6) is 0 Å². The molecule has 2 aromatic heterocycles. The number of hydrogen-bond donors (Lipinski definition) is 1. The summed E-state index contributed by atoms with van der Waals surface area (Å²) in [6.07, 6.45) is 9.99. The van der Waals surface area contributed by atoms with E-state index in [9.17, 15) is 4.79 Å². The Labute approximate surface area is 148 Å². The van der Waals surface area contributed by atoms with Crippen LogP contribution in [0.4, 0.5) is 0 Å². The molecule has 0 radical (unpaired) electrons. The first-order valence-electron chi connectivity index (χ1n) is 7.71. The molecule has 2 heterocycles. The Morgan fingerprint density at radius 3 is 2.75 bits per heavy atom. The maximum Gasteiger partial charge on any atom is 0.251 e. The van der Waals surface area contributed by atoms with E-state index in [-0.39, 0.29) is 5.91 Å². The number of benzene rings is 1. The summed E-state index contributed by atoms with van der Waals surface area (Å²) in [5, 5.41) is 7.16. The molecule has 0 saturated heterocycles. The highest BCUT2D eigenvalue weighted by Gasteiger charge is 2.05. The monoisotopic (exact) mass is 387 g/mol. The highest BCUT2D eigenvalue weighted by Crippen LogP contribution is 2.10. The molecule has 0 aliphatic heterocycles. The summed E-state index contributed by atoms with van der Waals surface area (Å²) >= 11 is 3.38. The zero-order chi connectivity index (χ0) is 16.8. The summed E-state index contributed by atoms with van der Waals surface area (Å²) < 4.78 is 4.79. The summed E-state index contributed by atoms with van der Waals surface area (Å²) in [5.41, 5.74) is 1.77. The molecule has 124 valence electrons. The standard InChI is InChI=1S/C17H18BrN5O/c18-16-10-21-23(12-16)11-14-2-4-15(5-3-14)17(24)20-6-1-8-22-9-7-19-13-22/h2-5,7,9-10,12-13H,1,6,8,11H2,(H,20,24). The Balaban J connectivity index is 1.46. The van der Waals surface area contributed by atoms with E-state index in [1.807, 2.05) is 45.9 Å². The van der Waals surface area contributed by atoms with Crippen LogP contribution < -0.4 is 5.32 Å². The molecular weight excluding hydrogens is 370 g/mol. The van der Waals surface area contributed by atoms with Gasteiger partial charge in [0.2, 0.25) is 0 Å². The van der Waals surface area contributed by atoms with Crippen LogP contribution in [-0.2, 0) is 13.1 Å². The van der Waals surface area contributed by atoms with Gasteiger partial charge >= 0.3 is 0 Å². The third-order valence-corrected chi connectivity index (χ3v) is 4.01. The van der Waals surface area contributed by atoms with Crippen LogP contribution in [0.1, 0.15) is 22.3 Å². The second kappa shape index (κ2) is 7.92. The van der Waals surface area contributed by atoms with Crippen molar-refractivity contribution in [1.82, 2.24) is 24.6 Å². The molecule has 0 aliphatic rings. The van der Waals surface area contributed by atoms with Gasteiger partial charge in [-0.2, -0.15) is 5.10 Å². The molecule has 0 spiro atoms. The number of aryl methyl sites for hydroxylation is 1. The smallest absolute Gasteiger partial charge is 0.251 e. The Kier molecular flexibility index (Phi) is 5.43. The van der Waals surface area contributed by atoms with Crippen molar-refractivity contribution >= 4 is 21.8 Å². The normalized spacial score (nSPS) is 10.7. The predicted molar refractivity (Wildman–Crippen MR) is 94.6 cm³/mol. The molecule has 3 aromatic rings. The lowest BCUT2D eigenvalue weighted by atomic mass is 10.1. The number of hydrogen-bond acceptors (Lipinski definition) is 3. The average molecular weight is 388 g/mol. The number of imidazole rings is 1. The molecule has 1 N–H and O–H groups in total. The number of aromatic nitrogens is 4. The van der Waals surface area contributed by atoms with E-state index in [1.165, 1.54) is 0 Å². The van der Waals surface area contributed by atoms with Crippen LogP contribution in [-0.4, -0.2) is 31.8 Å². The summed E-state index contributed by atoms with van der Waals surface area (Å²) in [6, 6.07) is 7.60. The first-order valence-corrected chi connectivity index (χ1v) is 8.51. The Bertz CT molecular complexity index is 780. The maximum atomic E-state index is 12.1. The number of carbonyl (C=O) groups excluding carboxylic acids is 1. The molecule has 1 amide bonds. The van der Waals surface area contributed by atoms with Crippen molar-refractivity contribution in [2.24, 2.45) is 0 Å². The molecule has 0 bridgehead atoms. The fraction of sp³-hybridized carbons (Fsp3) is 0.235. The quantitative estimate of drug-likeness (QED) is 0.633. The van der Waals surface area contributed by atoms with Crippen LogP contribution in [0, 0.1) is 0 Å². The summed E-state index contributed by atoms with van der Waals surface area (Å²) in [5.74, 6) is -0.0472. The molecule has 0 unspecified atom stereocenters. The van der Waals surface area contributed by atoms with Gasteiger partial charge in [0.1, 0.15) is 0 Å². The van der Waals surface area contributed by atoms with Gasteiger partial charge in [-0.15, -0.1) is 0 Å². The van der Waals surface area contributed by atoms with Crippen molar-refractivity contribution in [3.05, 3.63) is 71.0 Å². The topological polar surface area (TPSA) is 64.7 Å². The van der Waals surface area contributed by atoms with Gasteiger partial charge in [0, 0.05) is 37.2 Å². The van der Waals surface area contributed by atoms with Crippen molar-refractivity contribution in [2.75, 3.05) is 6.54 Å². The first kappa shape index (κ1) is 16.4. The van der Waals surface area contributed by atoms with E-state index in [1.54, 1.807) is 18.7 Å². The highest BCUT2D eigenvalue weighted by atomic mass is 79.9. The lowest BCUT2D eigenvalue weighted by Crippen LogP contribution is -2.25. The van der Waals surface area contributed by atoms with E-state index < -0.39 is 0 Å². The van der Waals surface area contributed by atoms with Crippen molar-refractivity contribution in [2.45, 2.75) is 19.5 Å². The van der Waals surface area contributed by atoms with Crippen LogP contribution in [0.25, 0.3) is 0 Å². The number of carbonyl (C=O) groups is 1. The molecule has 24 heavy (non-hydrogen) atoms. The number of halogens is 1. The molecule has 6 nitrogen and oxygen atoms in total. The summed E-state index contributed by atoms with van der Waals surface area (Å²) in [6.45, 7) is 2.16. The van der Waals surface area contributed by atoms with E-state index in [0.717, 1.165) is 23.0 Å². The number of nitrogens with one attached hydrogen (secondary N) is 1. The third kappa shape index (κ3) is 4.55. The first-order chi connectivity index (χ1) is 11.7. The van der Waals surface area contributed by atoms with Crippen LogP contribution in [0.3, 0.4) is 0 Å². The van der Waals surface area contributed by atoms with Gasteiger partial charge < -0.3 is 9.88 Å². The molecule has 0 aliphatic carbocycles. The van der Waals surface area contributed by atoms with Gasteiger partial charge in [0.05, 0.1) is 23.5 Å². The van der Waals surface area contributed by atoms with Crippen molar-refractivity contribution in [1.29, 1.82) is 0 Å². The fourth-order valence-corrected chi connectivity index (χ4v) is 2.69. The Hall–Kier alpha value is -2.41. The van der Waals surface area contributed by atoms with E-state index >= 15 is 0 Å².